The number of hydrogen-bond acceptors (Lipinski definition) is 7. The number of phenols is 1. The Morgan fingerprint density at radius 3 is 1.74 bits per heavy atom. The molecule has 2 N–H and O–H groups in total. The first-order valence-electron chi connectivity index (χ1n) is 13.0. The molecule has 1 aromatic heterocycles. The topological polar surface area (TPSA) is 73.9 Å². The molecule has 0 radical (unpaired) electrons. The molecule has 7 nitrogen and oxygen atoms in total. The molecule has 0 aliphatic carbocycles. The fourth-order valence-corrected chi connectivity index (χ4v) is 4.86. The molecule has 0 aliphatic rings. The molecule has 4 rings (SSSR count). The number of aromatic hydroxyl groups is 1. The summed E-state index contributed by atoms with van der Waals surface area (Å²) in [6.07, 6.45) is 0. The number of ether oxygens (including phenoxy) is 1. The highest BCUT2D eigenvalue weighted by molar-refractivity contribution is 7.75. The van der Waals surface area contributed by atoms with Gasteiger partial charge in [-0.25, -0.2) is 4.98 Å². The molecule has 0 atom stereocenters. The largest absolute Gasteiger partial charge is 0.502 e. The summed E-state index contributed by atoms with van der Waals surface area (Å²) < 4.78 is 10.4. The van der Waals surface area contributed by atoms with Crippen LogP contribution in [0.5, 0.6) is 17.2 Å². The van der Waals surface area contributed by atoms with Crippen molar-refractivity contribution >= 4 is 24.3 Å². The first kappa shape index (κ1) is 27.3. The van der Waals surface area contributed by atoms with Gasteiger partial charge in [-0.15, -0.1) is 0 Å². The van der Waals surface area contributed by atoms with Crippen LogP contribution >= 0.6 is 12.9 Å². The highest BCUT2D eigenvalue weighted by atomic mass is 32.1. The SMILES string of the molecule is CCN(CC)c1ccc(-c2nc(-c3cc(OC)c(O)c(OS)c3)[nH]c2-c2ccc(N(CC)CC)cc2)cc1. The fraction of sp³-hybridized carbons (Fsp3) is 0.300. The van der Waals surface area contributed by atoms with E-state index in [0.29, 0.717) is 11.4 Å². The van der Waals surface area contributed by atoms with Gasteiger partial charge < -0.3 is 28.8 Å². The van der Waals surface area contributed by atoms with Gasteiger partial charge in [0.15, 0.2) is 11.5 Å². The van der Waals surface area contributed by atoms with Crippen molar-refractivity contribution in [2.45, 2.75) is 27.7 Å². The van der Waals surface area contributed by atoms with Crippen LogP contribution in [0.2, 0.25) is 0 Å². The molecule has 38 heavy (non-hydrogen) atoms. The van der Waals surface area contributed by atoms with Gasteiger partial charge >= 0.3 is 0 Å². The number of hydrogen-bond donors (Lipinski definition) is 3. The predicted molar refractivity (Wildman–Crippen MR) is 160 cm³/mol. The summed E-state index contributed by atoms with van der Waals surface area (Å²) in [6.45, 7) is 12.4. The number of rotatable bonds is 11. The lowest BCUT2D eigenvalue weighted by atomic mass is 10.0. The Bertz CT molecular complexity index is 1250. The second-order valence-corrected chi connectivity index (χ2v) is 9.05. The lowest BCUT2D eigenvalue weighted by Gasteiger charge is -2.21. The van der Waals surface area contributed by atoms with Gasteiger partial charge in [0, 0.05) is 67.2 Å². The minimum atomic E-state index is -0.114. The minimum Gasteiger partial charge on any atom is -0.502 e. The van der Waals surface area contributed by atoms with Crippen molar-refractivity contribution in [2.75, 3.05) is 43.1 Å². The third kappa shape index (κ3) is 5.41. The van der Waals surface area contributed by atoms with Crippen molar-refractivity contribution in [1.82, 2.24) is 9.97 Å². The summed E-state index contributed by atoms with van der Waals surface area (Å²) in [5, 5.41) is 10.4. The van der Waals surface area contributed by atoms with Gasteiger partial charge in [0.25, 0.3) is 0 Å². The van der Waals surface area contributed by atoms with Crippen molar-refractivity contribution in [3.05, 3.63) is 60.7 Å². The first-order valence-corrected chi connectivity index (χ1v) is 13.4. The number of anilines is 2. The quantitative estimate of drug-likeness (QED) is 0.142. The highest BCUT2D eigenvalue weighted by Crippen LogP contribution is 2.42. The second-order valence-electron chi connectivity index (χ2n) is 8.86. The van der Waals surface area contributed by atoms with E-state index in [2.05, 4.69) is 104 Å². The molecule has 0 saturated carbocycles. The Morgan fingerprint density at radius 1 is 0.763 bits per heavy atom. The number of nitrogens with one attached hydrogen (secondary N) is 1. The number of thiol groups is 1. The van der Waals surface area contributed by atoms with Gasteiger partial charge in [0.1, 0.15) is 5.82 Å². The molecule has 3 aromatic carbocycles. The first-order chi connectivity index (χ1) is 18.5. The molecular formula is C30H36N4O3S. The molecule has 0 saturated heterocycles. The molecule has 0 bridgehead atoms. The molecule has 4 aromatic rings. The molecule has 0 aliphatic heterocycles. The summed E-state index contributed by atoms with van der Waals surface area (Å²) in [6, 6.07) is 20.5. The van der Waals surface area contributed by atoms with Crippen LogP contribution in [0, 0.1) is 0 Å². The van der Waals surface area contributed by atoms with E-state index in [9.17, 15) is 5.11 Å². The van der Waals surface area contributed by atoms with Gasteiger partial charge in [-0.2, -0.15) is 0 Å². The molecule has 1 heterocycles. The van der Waals surface area contributed by atoms with E-state index in [4.69, 9.17) is 13.9 Å². The normalized spacial score (nSPS) is 10.9. The van der Waals surface area contributed by atoms with Gasteiger partial charge in [-0.05, 0) is 64.1 Å². The summed E-state index contributed by atoms with van der Waals surface area (Å²) in [4.78, 5) is 13.2. The second kappa shape index (κ2) is 12.2. The molecule has 8 heteroatoms. The average molecular weight is 533 g/mol. The minimum absolute atomic E-state index is 0.114. The number of aromatic amines is 1. The van der Waals surface area contributed by atoms with Gasteiger partial charge in [-0.3, -0.25) is 0 Å². The van der Waals surface area contributed by atoms with E-state index in [1.165, 1.54) is 18.5 Å². The van der Waals surface area contributed by atoms with Gasteiger partial charge in [0.05, 0.1) is 18.5 Å². The van der Waals surface area contributed by atoms with Crippen LogP contribution in [0.1, 0.15) is 27.7 Å². The summed E-state index contributed by atoms with van der Waals surface area (Å²) >= 11 is 3.90. The molecule has 0 fully saturated rings. The van der Waals surface area contributed by atoms with Crippen LogP contribution in [0.4, 0.5) is 11.4 Å². The van der Waals surface area contributed by atoms with Crippen molar-refractivity contribution in [2.24, 2.45) is 0 Å². The van der Waals surface area contributed by atoms with Crippen LogP contribution in [-0.2, 0) is 0 Å². The number of H-pyrrole nitrogens is 1. The van der Waals surface area contributed by atoms with Crippen molar-refractivity contribution in [3.8, 4) is 51.2 Å². The van der Waals surface area contributed by atoms with E-state index in [0.717, 1.165) is 48.7 Å². The maximum atomic E-state index is 10.4. The van der Waals surface area contributed by atoms with Crippen molar-refractivity contribution in [1.29, 1.82) is 0 Å². The molecular weight excluding hydrogens is 496 g/mol. The zero-order valence-electron chi connectivity index (χ0n) is 22.7. The zero-order valence-corrected chi connectivity index (χ0v) is 23.5. The maximum Gasteiger partial charge on any atom is 0.202 e. The van der Waals surface area contributed by atoms with Crippen LogP contribution < -0.4 is 18.7 Å². The van der Waals surface area contributed by atoms with E-state index < -0.39 is 0 Å². The van der Waals surface area contributed by atoms with E-state index in [1.54, 1.807) is 12.1 Å². The fourth-order valence-electron chi connectivity index (χ4n) is 4.72. The smallest absolute Gasteiger partial charge is 0.202 e. The number of phenolic OH excluding ortho intramolecular Hbond substituents is 1. The summed E-state index contributed by atoms with van der Waals surface area (Å²) in [7, 11) is 1.50. The van der Waals surface area contributed by atoms with E-state index in [1.807, 2.05) is 0 Å². The lowest BCUT2D eigenvalue weighted by Crippen LogP contribution is -2.21. The van der Waals surface area contributed by atoms with Crippen molar-refractivity contribution < 1.29 is 14.0 Å². The third-order valence-electron chi connectivity index (χ3n) is 6.89. The molecule has 200 valence electrons. The number of benzene rings is 3. The Hall–Kier alpha value is -3.78. The summed E-state index contributed by atoms with van der Waals surface area (Å²) in [5.41, 5.74) is 6.84. The van der Waals surface area contributed by atoms with Crippen LogP contribution in [0.3, 0.4) is 0 Å². The lowest BCUT2D eigenvalue weighted by molar-refractivity contribution is 0.366. The Labute approximate surface area is 230 Å². The molecule has 0 unspecified atom stereocenters. The Morgan fingerprint density at radius 2 is 1.26 bits per heavy atom. The van der Waals surface area contributed by atoms with Crippen LogP contribution in [-0.4, -0.2) is 48.4 Å². The van der Waals surface area contributed by atoms with E-state index >= 15 is 0 Å². The summed E-state index contributed by atoms with van der Waals surface area (Å²) in [5.74, 6) is 0.977. The molecule has 0 spiro atoms. The van der Waals surface area contributed by atoms with Gasteiger partial charge in [0.2, 0.25) is 5.75 Å². The highest BCUT2D eigenvalue weighted by Gasteiger charge is 2.19. The monoisotopic (exact) mass is 532 g/mol. The molecule has 0 amide bonds. The van der Waals surface area contributed by atoms with Gasteiger partial charge in [-0.1, -0.05) is 24.3 Å². The number of nitrogens with zero attached hydrogens (tertiary/aromatic N) is 3. The number of imidazole rings is 1. The predicted octanol–water partition coefficient (Wildman–Crippen LogP) is 7.04. The number of aromatic nitrogens is 2. The Balaban J connectivity index is 1.84. The van der Waals surface area contributed by atoms with E-state index in [-0.39, 0.29) is 17.2 Å². The Kier molecular flexibility index (Phi) is 8.73. The number of methoxy groups -OCH3 is 1. The zero-order chi connectivity index (χ0) is 27.2. The van der Waals surface area contributed by atoms with Crippen molar-refractivity contribution in [3.63, 3.8) is 0 Å². The van der Waals surface area contributed by atoms with Crippen LogP contribution in [0.15, 0.2) is 60.7 Å². The standard InChI is InChI=1S/C30H36N4O3S/c1-6-33(7-2)23-14-10-20(11-15-23)27-28(21-12-16-24(17-13-21)34(8-3)9-4)32-30(31-27)22-18-25(36-5)29(35)26(19-22)37-38/h10-19,35,38H,6-9H2,1-5H3,(H,31,32). The van der Waals surface area contributed by atoms with Crippen LogP contribution in [0.25, 0.3) is 33.9 Å². The maximum absolute atomic E-state index is 10.4. The third-order valence-corrected chi connectivity index (χ3v) is 7.09. The average Bonchev–Trinajstić information content (AvgIpc) is 3.41.